The quantitative estimate of drug-likeness (QED) is 0.541. The highest BCUT2D eigenvalue weighted by atomic mass is 16.5. The molecule has 0 radical (unpaired) electrons. The van der Waals surface area contributed by atoms with E-state index in [2.05, 4.69) is 21.4 Å². The van der Waals surface area contributed by atoms with Gasteiger partial charge in [-0.05, 0) is 29.0 Å². The number of rotatable bonds is 4. The maximum Gasteiger partial charge on any atom is 0.232 e. The van der Waals surface area contributed by atoms with Crippen molar-refractivity contribution in [3.8, 4) is 11.9 Å². The minimum absolute atomic E-state index is 0.348. The molecular weight excluding hydrogens is 302 g/mol. The second kappa shape index (κ2) is 5.97. The van der Waals surface area contributed by atoms with Crippen LogP contribution in [0.5, 0.6) is 5.88 Å². The van der Waals surface area contributed by atoms with Crippen LogP contribution in [0, 0.1) is 11.3 Å². The summed E-state index contributed by atoms with van der Waals surface area (Å²) in [6.07, 6.45) is 3.37. The van der Waals surface area contributed by atoms with E-state index < -0.39 is 0 Å². The molecule has 0 saturated carbocycles. The van der Waals surface area contributed by atoms with E-state index in [1.165, 1.54) is 0 Å². The van der Waals surface area contributed by atoms with Gasteiger partial charge in [0.05, 0.1) is 18.3 Å². The van der Waals surface area contributed by atoms with E-state index in [0.717, 1.165) is 21.7 Å². The molecule has 0 amide bonds. The summed E-state index contributed by atoms with van der Waals surface area (Å²) in [5.41, 5.74) is 1.24. The first-order chi connectivity index (χ1) is 11.8. The maximum atomic E-state index is 9.38. The third kappa shape index (κ3) is 2.63. The summed E-state index contributed by atoms with van der Waals surface area (Å²) in [5.74, 6) is 0.348. The molecule has 24 heavy (non-hydrogen) atoms. The molecule has 6 heteroatoms. The highest BCUT2D eigenvalue weighted by Crippen LogP contribution is 2.26. The van der Waals surface area contributed by atoms with Crippen LogP contribution in [0.1, 0.15) is 5.56 Å². The summed E-state index contributed by atoms with van der Waals surface area (Å²) in [6, 6.07) is 16.1. The van der Waals surface area contributed by atoms with Crippen molar-refractivity contribution in [1.82, 2.24) is 20.0 Å². The number of pyridine rings is 1. The summed E-state index contributed by atoms with van der Waals surface area (Å²) in [7, 11) is 0. The zero-order valence-electron chi connectivity index (χ0n) is 12.8. The Balaban J connectivity index is 1.68. The monoisotopic (exact) mass is 315 g/mol. The Bertz CT molecular complexity index is 1050. The number of fused-ring (bicyclic) bond motifs is 2. The van der Waals surface area contributed by atoms with Gasteiger partial charge in [-0.25, -0.2) is 9.67 Å². The fourth-order valence-corrected chi connectivity index (χ4v) is 2.62. The second-order valence-corrected chi connectivity index (χ2v) is 5.36. The molecule has 0 saturated heterocycles. The van der Waals surface area contributed by atoms with Gasteiger partial charge >= 0.3 is 0 Å². The molecule has 6 nitrogen and oxygen atoms in total. The number of aromatic nitrogens is 4. The summed E-state index contributed by atoms with van der Waals surface area (Å²) in [5, 5.41) is 20.1. The summed E-state index contributed by atoms with van der Waals surface area (Å²) in [6.45, 7) is 0.909. The molecule has 4 aromatic rings. The number of hydrogen-bond donors (Lipinski definition) is 0. The van der Waals surface area contributed by atoms with Gasteiger partial charge in [0.2, 0.25) is 5.88 Å². The molecule has 0 spiro atoms. The van der Waals surface area contributed by atoms with Gasteiger partial charge in [-0.1, -0.05) is 29.5 Å². The molecule has 4 rings (SSSR count). The fraction of sp³-hybridized carbons (Fsp3) is 0.111. The molecule has 0 bridgehead atoms. The van der Waals surface area contributed by atoms with Crippen molar-refractivity contribution in [2.24, 2.45) is 0 Å². The highest BCUT2D eigenvalue weighted by molar-refractivity contribution is 5.97. The van der Waals surface area contributed by atoms with Crippen LogP contribution in [-0.2, 0) is 6.54 Å². The lowest BCUT2D eigenvalue weighted by molar-refractivity contribution is 0.279. The topological polar surface area (TPSA) is 76.6 Å². The normalized spacial score (nSPS) is 10.8. The van der Waals surface area contributed by atoms with Crippen molar-refractivity contribution < 1.29 is 4.74 Å². The molecule has 2 aromatic heterocycles. The van der Waals surface area contributed by atoms with Crippen LogP contribution in [0.4, 0.5) is 0 Å². The minimum atomic E-state index is 0.348. The van der Waals surface area contributed by atoms with Crippen molar-refractivity contribution in [2.75, 3.05) is 6.61 Å². The van der Waals surface area contributed by atoms with E-state index in [9.17, 15) is 5.26 Å². The Labute approximate surface area is 137 Å². The van der Waals surface area contributed by atoms with E-state index >= 15 is 0 Å². The predicted molar refractivity (Wildman–Crippen MR) is 89.5 cm³/mol. The van der Waals surface area contributed by atoms with E-state index in [1.807, 2.05) is 42.5 Å². The standard InChI is InChI=1S/C18H13N5O/c19-12-16-10-15-9-13-3-1-2-4-14(13)11-17(15)21-18(16)24-8-7-23-6-5-20-22-23/h1-6,9-11H,7-8H2. The summed E-state index contributed by atoms with van der Waals surface area (Å²) < 4.78 is 7.37. The summed E-state index contributed by atoms with van der Waals surface area (Å²) >= 11 is 0. The Hall–Kier alpha value is -3.46. The van der Waals surface area contributed by atoms with Crippen LogP contribution >= 0.6 is 0 Å². The number of nitrogens with zero attached hydrogens (tertiary/aromatic N) is 5. The first-order valence-corrected chi connectivity index (χ1v) is 7.54. The van der Waals surface area contributed by atoms with Gasteiger partial charge < -0.3 is 4.74 Å². The lowest BCUT2D eigenvalue weighted by atomic mass is 10.1. The molecule has 0 aliphatic heterocycles. The molecule has 0 N–H and O–H groups in total. The molecule has 116 valence electrons. The van der Waals surface area contributed by atoms with Gasteiger partial charge in [0, 0.05) is 11.6 Å². The van der Waals surface area contributed by atoms with Crippen molar-refractivity contribution in [3.05, 3.63) is 60.4 Å². The predicted octanol–water partition coefficient (Wildman–Crippen LogP) is 2.93. The molecule has 2 heterocycles. The van der Waals surface area contributed by atoms with Crippen molar-refractivity contribution >= 4 is 21.7 Å². The van der Waals surface area contributed by atoms with Crippen molar-refractivity contribution in [1.29, 1.82) is 5.26 Å². The lowest BCUT2D eigenvalue weighted by Crippen LogP contribution is -2.10. The molecule has 0 atom stereocenters. The van der Waals surface area contributed by atoms with Crippen LogP contribution in [0.2, 0.25) is 0 Å². The van der Waals surface area contributed by atoms with E-state index in [4.69, 9.17) is 4.74 Å². The summed E-state index contributed by atoms with van der Waals surface area (Å²) in [4.78, 5) is 4.52. The molecule has 0 aliphatic rings. The van der Waals surface area contributed by atoms with Crippen LogP contribution in [-0.4, -0.2) is 26.6 Å². The van der Waals surface area contributed by atoms with Gasteiger partial charge in [0.1, 0.15) is 18.2 Å². The van der Waals surface area contributed by atoms with Crippen LogP contribution < -0.4 is 4.74 Å². The van der Waals surface area contributed by atoms with Gasteiger partial charge in [-0.15, -0.1) is 5.10 Å². The van der Waals surface area contributed by atoms with Crippen LogP contribution in [0.15, 0.2) is 54.9 Å². The molecule has 0 unspecified atom stereocenters. The molecule has 2 aromatic carbocycles. The van der Waals surface area contributed by atoms with Crippen molar-refractivity contribution in [2.45, 2.75) is 6.54 Å². The van der Waals surface area contributed by atoms with Crippen LogP contribution in [0.3, 0.4) is 0 Å². The Kier molecular flexibility index (Phi) is 3.52. The van der Waals surface area contributed by atoms with E-state index in [0.29, 0.717) is 24.6 Å². The van der Waals surface area contributed by atoms with Gasteiger partial charge in [-0.3, -0.25) is 0 Å². The van der Waals surface area contributed by atoms with Gasteiger partial charge in [-0.2, -0.15) is 5.26 Å². The van der Waals surface area contributed by atoms with Gasteiger partial charge in [0.15, 0.2) is 0 Å². The zero-order chi connectivity index (χ0) is 16.4. The Morgan fingerprint density at radius 1 is 1.08 bits per heavy atom. The van der Waals surface area contributed by atoms with E-state index in [1.54, 1.807) is 17.1 Å². The minimum Gasteiger partial charge on any atom is -0.475 e. The number of ether oxygens (including phenoxy) is 1. The zero-order valence-corrected chi connectivity index (χ0v) is 12.8. The first kappa shape index (κ1) is 14.2. The third-order valence-corrected chi connectivity index (χ3v) is 3.80. The largest absolute Gasteiger partial charge is 0.475 e. The molecular formula is C18H13N5O. The van der Waals surface area contributed by atoms with Gasteiger partial charge in [0.25, 0.3) is 0 Å². The lowest BCUT2D eigenvalue weighted by Gasteiger charge is -2.09. The third-order valence-electron chi connectivity index (χ3n) is 3.80. The average Bonchev–Trinajstić information content (AvgIpc) is 3.13. The second-order valence-electron chi connectivity index (χ2n) is 5.36. The maximum absolute atomic E-state index is 9.38. The molecule has 0 aliphatic carbocycles. The average molecular weight is 315 g/mol. The van der Waals surface area contributed by atoms with E-state index in [-0.39, 0.29) is 0 Å². The number of hydrogen-bond acceptors (Lipinski definition) is 5. The SMILES string of the molecule is N#Cc1cc2cc3ccccc3cc2nc1OCCn1ccnn1. The Morgan fingerprint density at radius 2 is 1.92 bits per heavy atom. The smallest absolute Gasteiger partial charge is 0.232 e. The first-order valence-electron chi connectivity index (χ1n) is 7.54. The molecule has 0 fully saturated rings. The fourth-order valence-electron chi connectivity index (χ4n) is 2.62. The van der Waals surface area contributed by atoms with Crippen molar-refractivity contribution in [3.63, 3.8) is 0 Å². The number of benzene rings is 2. The number of nitriles is 1. The van der Waals surface area contributed by atoms with Crippen LogP contribution in [0.25, 0.3) is 21.7 Å². The Morgan fingerprint density at radius 3 is 2.67 bits per heavy atom. The highest BCUT2D eigenvalue weighted by Gasteiger charge is 2.09.